The highest BCUT2D eigenvalue weighted by molar-refractivity contribution is 5.79. The molecule has 0 radical (unpaired) electrons. The molecule has 0 saturated heterocycles. The lowest BCUT2D eigenvalue weighted by atomic mass is 10.1. The monoisotopic (exact) mass is 378 g/mol. The Morgan fingerprint density at radius 2 is 1.86 bits per heavy atom. The van der Waals surface area contributed by atoms with E-state index in [0.29, 0.717) is 12.4 Å². The Kier molecular flexibility index (Phi) is 7.07. The average Bonchev–Trinajstić information content (AvgIpc) is 3.22. The third kappa shape index (κ3) is 5.36. The molecule has 1 heterocycles. The number of methoxy groups -OCH3 is 1. The van der Waals surface area contributed by atoms with E-state index >= 15 is 0 Å². The van der Waals surface area contributed by atoms with Crippen molar-refractivity contribution in [3.63, 3.8) is 0 Å². The molecule has 1 aromatic heterocycles. The second-order valence-corrected chi connectivity index (χ2v) is 6.19. The Morgan fingerprint density at radius 3 is 2.64 bits per heavy atom. The zero-order valence-electron chi connectivity index (χ0n) is 16.3. The molecule has 0 unspecified atom stereocenters. The van der Waals surface area contributed by atoms with Gasteiger partial charge in [-0.3, -0.25) is 0 Å². The molecule has 6 nitrogen and oxygen atoms in total. The van der Waals surface area contributed by atoms with Gasteiger partial charge in [0.25, 0.3) is 0 Å². The van der Waals surface area contributed by atoms with Crippen molar-refractivity contribution in [1.29, 1.82) is 0 Å². The molecule has 3 rings (SSSR count). The lowest BCUT2D eigenvalue weighted by Crippen LogP contribution is -2.38. The molecule has 0 amide bonds. The number of guanidine groups is 1. The van der Waals surface area contributed by atoms with Crippen molar-refractivity contribution in [1.82, 2.24) is 15.6 Å². The third-order valence-corrected chi connectivity index (χ3v) is 4.20. The first-order chi connectivity index (χ1) is 13.8. The van der Waals surface area contributed by atoms with Gasteiger partial charge in [-0.05, 0) is 37.1 Å². The SMILES string of the molecule is CCNC(=NCc1coc(-c2ccccc2)n1)NCCc1ccccc1OC. The van der Waals surface area contributed by atoms with E-state index < -0.39 is 0 Å². The zero-order chi connectivity index (χ0) is 19.6. The molecule has 0 aliphatic carbocycles. The maximum Gasteiger partial charge on any atom is 0.226 e. The van der Waals surface area contributed by atoms with Crippen LogP contribution in [0.15, 0.2) is 70.3 Å². The second-order valence-electron chi connectivity index (χ2n) is 6.19. The van der Waals surface area contributed by atoms with Gasteiger partial charge in [0.15, 0.2) is 5.96 Å². The predicted molar refractivity (Wildman–Crippen MR) is 111 cm³/mol. The average molecular weight is 378 g/mol. The number of hydrogen-bond acceptors (Lipinski definition) is 4. The lowest BCUT2D eigenvalue weighted by molar-refractivity contribution is 0.409. The first-order valence-corrected chi connectivity index (χ1v) is 9.44. The Labute approximate surface area is 165 Å². The van der Waals surface area contributed by atoms with Crippen molar-refractivity contribution >= 4 is 5.96 Å². The standard InChI is InChI=1S/C22H26N4O2/c1-3-23-22(24-14-13-17-9-7-8-12-20(17)27-2)25-15-19-16-28-21(26-19)18-10-5-4-6-11-18/h4-12,16H,3,13-15H2,1-2H3,(H2,23,24,25). The van der Waals surface area contributed by atoms with Gasteiger partial charge in [0.2, 0.25) is 5.89 Å². The van der Waals surface area contributed by atoms with Gasteiger partial charge >= 0.3 is 0 Å². The minimum Gasteiger partial charge on any atom is -0.496 e. The summed E-state index contributed by atoms with van der Waals surface area (Å²) in [5, 5.41) is 6.61. The highest BCUT2D eigenvalue weighted by Crippen LogP contribution is 2.18. The van der Waals surface area contributed by atoms with E-state index in [9.17, 15) is 0 Å². The molecular weight excluding hydrogens is 352 g/mol. The maximum absolute atomic E-state index is 5.57. The molecule has 0 atom stereocenters. The Hall–Kier alpha value is -3.28. The van der Waals surface area contributed by atoms with E-state index in [0.717, 1.165) is 48.0 Å². The van der Waals surface area contributed by atoms with E-state index in [1.165, 1.54) is 0 Å². The molecule has 2 aromatic carbocycles. The number of rotatable bonds is 8. The van der Waals surface area contributed by atoms with Crippen molar-refractivity contribution in [2.45, 2.75) is 19.9 Å². The summed E-state index contributed by atoms with van der Waals surface area (Å²) in [6.45, 7) is 4.02. The molecule has 3 aromatic rings. The third-order valence-electron chi connectivity index (χ3n) is 4.20. The van der Waals surface area contributed by atoms with Gasteiger partial charge in [-0.25, -0.2) is 9.98 Å². The summed E-state index contributed by atoms with van der Waals surface area (Å²) in [5.74, 6) is 2.27. The molecule has 0 bridgehead atoms. The fourth-order valence-corrected chi connectivity index (χ4v) is 2.82. The molecule has 0 fully saturated rings. The number of oxazole rings is 1. The summed E-state index contributed by atoms with van der Waals surface area (Å²) >= 11 is 0. The van der Waals surface area contributed by atoms with Crippen LogP contribution in [-0.2, 0) is 13.0 Å². The number of aliphatic imine (C=N–C) groups is 1. The fraction of sp³-hybridized carbons (Fsp3) is 0.273. The van der Waals surface area contributed by atoms with Crippen LogP contribution in [0.4, 0.5) is 0 Å². The van der Waals surface area contributed by atoms with Crippen LogP contribution in [0.5, 0.6) is 5.75 Å². The summed E-state index contributed by atoms with van der Waals surface area (Å²) in [5.41, 5.74) is 2.91. The molecule has 146 valence electrons. The number of benzene rings is 2. The number of ether oxygens (including phenoxy) is 1. The number of nitrogens with zero attached hydrogens (tertiary/aromatic N) is 2. The fourth-order valence-electron chi connectivity index (χ4n) is 2.82. The summed E-state index contributed by atoms with van der Waals surface area (Å²) in [6, 6.07) is 17.9. The van der Waals surface area contributed by atoms with E-state index in [4.69, 9.17) is 9.15 Å². The largest absolute Gasteiger partial charge is 0.496 e. The van der Waals surface area contributed by atoms with Crippen LogP contribution in [0.25, 0.3) is 11.5 Å². The Bertz CT molecular complexity index is 890. The first-order valence-electron chi connectivity index (χ1n) is 9.44. The minimum atomic E-state index is 0.445. The lowest BCUT2D eigenvalue weighted by Gasteiger charge is -2.12. The molecule has 6 heteroatoms. The summed E-state index contributed by atoms with van der Waals surface area (Å²) in [4.78, 5) is 9.12. The van der Waals surface area contributed by atoms with Crippen molar-refractivity contribution in [2.75, 3.05) is 20.2 Å². The van der Waals surface area contributed by atoms with Gasteiger partial charge < -0.3 is 19.8 Å². The van der Waals surface area contributed by atoms with Crippen LogP contribution < -0.4 is 15.4 Å². The first kappa shape index (κ1) is 19.5. The van der Waals surface area contributed by atoms with Crippen LogP contribution in [0, 0.1) is 0 Å². The molecule has 0 saturated carbocycles. The molecular formula is C22H26N4O2. The van der Waals surface area contributed by atoms with Crippen LogP contribution in [0.3, 0.4) is 0 Å². The van der Waals surface area contributed by atoms with Gasteiger partial charge in [0.05, 0.1) is 13.7 Å². The number of aromatic nitrogens is 1. The van der Waals surface area contributed by atoms with Crippen molar-refractivity contribution in [3.8, 4) is 17.2 Å². The Morgan fingerprint density at radius 1 is 1.07 bits per heavy atom. The minimum absolute atomic E-state index is 0.445. The highest BCUT2D eigenvalue weighted by atomic mass is 16.5. The van der Waals surface area contributed by atoms with Crippen LogP contribution in [0.2, 0.25) is 0 Å². The summed E-state index contributed by atoms with van der Waals surface area (Å²) in [7, 11) is 1.69. The quantitative estimate of drug-likeness (QED) is 0.462. The van der Waals surface area contributed by atoms with Crippen molar-refractivity contribution in [2.24, 2.45) is 4.99 Å². The van der Waals surface area contributed by atoms with Crippen LogP contribution >= 0.6 is 0 Å². The molecule has 0 aliphatic rings. The van der Waals surface area contributed by atoms with E-state index in [2.05, 4.69) is 26.7 Å². The molecule has 28 heavy (non-hydrogen) atoms. The summed E-state index contributed by atoms with van der Waals surface area (Å²) < 4.78 is 11.0. The van der Waals surface area contributed by atoms with Crippen molar-refractivity contribution in [3.05, 3.63) is 72.1 Å². The predicted octanol–water partition coefficient (Wildman–Crippen LogP) is 3.65. The summed E-state index contributed by atoms with van der Waals surface area (Å²) in [6.07, 6.45) is 2.50. The maximum atomic E-state index is 5.57. The zero-order valence-corrected chi connectivity index (χ0v) is 16.3. The van der Waals surface area contributed by atoms with E-state index in [1.807, 2.05) is 55.5 Å². The van der Waals surface area contributed by atoms with Gasteiger partial charge in [-0.15, -0.1) is 0 Å². The van der Waals surface area contributed by atoms with Gasteiger partial charge in [-0.2, -0.15) is 0 Å². The van der Waals surface area contributed by atoms with Crippen LogP contribution in [0.1, 0.15) is 18.2 Å². The Balaban J connectivity index is 1.57. The highest BCUT2D eigenvalue weighted by Gasteiger charge is 2.07. The van der Waals surface area contributed by atoms with Gasteiger partial charge in [0, 0.05) is 18.7 Å². The van der Waals surface area contributed by atoms with E-state index in [-0.39, 0.29) is 0 Å². The van der Waals surface area contributed by atoms with Gasteiger partial charge in [-0.1, -0.05) is 36.4 Å². The van der Waals surface area contributed by atoms with E-state index in [1.54, 1.807) is 13.4 Å². The smallest absolute Gasteiger partial charge is 0.226 e. The van der Waals surface area contributed by atoms with Gasteiger partial charge in [0.1, 0.15) is 17.7 Å². The topological polar surface area (TPSA) is 71.7 Å². The second kappa shape index (κ2) is 10.2. The molecule has 0 spiro atoms. The molecule has 0 aliphatic heterocycles. The van der Waals surface area contributed by atoms with Crippen LogP contribution in [-0.4, -0.2) is 31.1 Å². The molecule has 2 N–H and O–H groups in total. The number of hydrogen-bond donors (Lipinski definition) is 2. The number of para-hydroxylation sites is 1. The number of nitrogens with one attached hydrogen (secondary N) is 2. The van der Waals surface area contributed by atoms with Crippen molar-refractivity contribution < 1.29 is 9.15 Å². The normalized spacial score (nSPS) is 11.3.